The smallest absolute Gasteiger partial charge is 0.128 e. The first-order valence-electron chi connectivity index (χ1n) is 5.82. The maximum atomic E-state index is 9.22. The molecule has 1 aromatic rings. The number of aromatic nitrogens is 1. The van der Waals surface area contributed by atoms with Crippen molar-refractivity contribution >= 4 is 23.4 Å². The SMILES string of the molecule is CCNc1cccc(NC(C)C(CO)SC)n1. The fraction of sp³-hybridized carbons (Fsp3) is 0.583. The van der Waals surface area contributed by atoms with E-state index in [1.54, 1.807) is 11.8 Å². The summed E-state index contributed by atoms with van der Waals surface area (Å²) >= 11 is 1.66. The van der Waals surface area contributed by atoms with Crippen molar-refractivity contribution in [2.75, 3.05) is 30.0 Å². The van der Waals surface area contributed by atoms with Crippen LogP contribution in [-0.4, -0.2) is 40.8 Å². The second kappa shape index (κ2) is 7.40. The normalized spacial score (nSPS) is 14.1. The Kier molecular flexibility index (Phi) is 6.15. The molecular weight excluding hydrogens is 234 g/mol. The van der Waals surface area contributed by atoms with Crippen LogP contribution in [0, 0.1) is 0 Å². The van der Waals surface area contributed by atoms with Crippen LogP contribution < -0.4 is 10.6 Å². The Balaban J connectivity index is 2.63. The molecule has 1 heterocycles. The molecule has 1 rings (SSSR count). The molecule has 1 aromatic heterocycles. The molecule has 4 nitrogen and oxygen atoms in total. The third-order valence-electron chi connectivity index (χ3n) is 2.52. The lowest BCUT2D eigenvalue weighted by Gasteiger charge is -2.22. The van der Waals surface area contributed by atoms with E-state index in [0.29, 0.717) is 0 Å². The summed E-state index contributed by atoms with van der Waals surface area (Å²) in [5.74, 6) is 1.71. The molecule has 0 saturated carbocycles. The van der Waals surface area contributed by atoms with Crippen molar-refractivity contribution in [3.05, 3.63) is 18.2 Å². The minimum atomic E-state index is 0.169. The average molecular weight is 255 g/mol. The summed E-state index contributed by atoms with van der Waals surface area (Å²) in [6.45, 7) is 5.12. The highest BCUT2D eigenvalue weighted by atomic mass is 32.2. The van der Waals surface area contributed by atoms with Crippen LogP contribution in [0.3, 0.4) is 0 Å². The van der Waals surface area contributed by atoms with Crippen LogP contribution >= 0.6 is 11.8 Å². The molecule has 0 spiro atoms. The Labute approximate surface area is 107 Å². The highest BCUT2D eigenvalue weighted by Crippen LogP contribution is 2.16. The van der Waals surface area contributed by atoms with Gasteiger partial charge in [-0.05, 0) is 32.2 Å². The Morgan fingerprint density at radius 2 is 2.12 bits per heavy atom. The van der Waals surface area contributed by atoms with Gasteiger partial charge in [0.25, 0.3) is 0 Å². The van der Waals surface area contributed by atoms with Crippen LogP contribution in [0.2, 0.25) is 0 Å². The van der Waals surface area contributed by atoms with Gasteiger partial charge in [-0.15, -0.1) is 0 Å². The maximum Gasteiger partial charge on any atom is 0.128 e. The molecule has 2 atom stereocenters. The zero-order chi connectivity index (χ0) is 12.7. The number of nitrogens with one attached hydrogen (secondary N) is 2. The fourth-order valence-electron chi connectivity index (χ4n) is 1.56. The zero-order valence-corrected chi connectivity index (χ0v) is 11.4. The summed E-state index contributed by atoms with van der Waals surface area (Å²) in [6, 6.07) is 6.02. The zero-order valence-electron chi connectivity index (χ0n) is 10.6. The molecule has 0 bridgehead atoms. The number of hydrogen-bond donors (Lipinski definition) is 3. The predicted octanol–water partition coefficient (Wildman–Crippen LogP) is 2.04. The lowest BCUT2D eigenvalue weighted by atomic mass is 10.2. The van der Waals surface area contributed by atoms with Crippen LogP contribution in [0.25, 0.3) is 0 Å². The van der Waals surface area contributed by atoms with Gasteiger partial charge in [0.2, 0.25) is 0 Å². The van der Waals surface area contributed by atoms with Gasteiger partial charge in [-0.1, -0.05) is 6.07 Å². The van der Waals surface area contributed by atoms with Crippen molar-refractivity contribution in [1.29, 1.82) is 0 Å². The third kappa shape index (κ3) is 4.44. The first kappa shape index (κ1) is 14.1. The maximum absolute atomic E-state index is 9.22. The summed E-state index contributed by atoms with van der Waals surface area (Å²) in [5.41, 5.74) is 0. The largest absolute Gasteiger partial charge is 0.395 e. The van der Waals surface area contributed by atoms with Gasteiger partial charge < -0.3 is 15.7 Å². The Hall–Kier alpha value is -0.940. The molecule has 0 radical (unpaired) electrons. The van der Waals surface area contributed by atoms with Gasteiger partial charge >= 0.3 is 0 Å². The molecule has 0 aliphatic heterocycles. The van der Waals surface area contributed by atoms with E-state index in [9.17, 15) is 5.11 Å². The number of aliphatic hydroxyl groups is 1. The summed E-state index contributed by atoms with van der Waals surface area (Å²) in [4.78, 5) is 4.44. The number of pyridine rings is 1. The van der Waals surface area contributed by atoms with E-state index in [1.807, 2.05) is 31.4 Å². The molecule has 5 heteroatoms. The van der Waals surface area contributed by atoms with Gasteiger partial charge in [0.15, 0.2) is 0 Å². The third-order valence-corrected chi connectivity index (χ3v) is 3.69. The van der Waals surface area contributed by atoms with E-state index in [0.717, 1.165) is 18.2 Å². The molecular formula is C12H21N3OS. The van der Waals surface area contributed by atoms with Crippen LogP contribution in [0.4, 0.5) is 11.6 Å². The first-order valence-corrected chi connectivity index (χ1v) is 7.11. The Morgan fingerprint density at radius 1 is 1.41 bits per heavy atom. The quantitative estimate of drug-likeness (QED) is 0.696. The molecule has 0 aromatic carbocycles. The van der Waals surface area contributed by atoms with Crippen molar-refractivity contribution < 1.29 is 5.11 Å². The van der Waals surface area contributed by atoms with E-state index >= 15 is 0 Å². The van der Waals surface area contributed by atoms with E-state index in [2.05, 4.69) is 22.5 Å². The molecule has 0 saturated heterocycles. The Bertz CT molecular complexity index is 331. The number of thioether (sulfide) groups is 1. The molecule has 0 aliphatic carbocycles. The second-order valence-electron chi connectivity index (χ2n) is 3.83. The van der Waals surface area contributed by atoms with Crippen LogP contribution in [0.15, 0.2) is 18.2 Å². The standard InChI is InChI=1S/C12H21N3OS/c1-4-13-11-6-5-7-12(15-11)14-9(2)10(8-16)17-3/h5-7,9-10,16H,4,8H2,1-3H3,(H2,13,14,15). The second-order valence-corrected chi connectivity index (χ2v) is 4.91. The van der Waals surface area contributed by atoms with Gasteiger partial charge in [-0.2, -0.15) is 11.8 Å². The van der Waals surface area contributed by atoms with Gasteiger partial charge in [-0.25, -0.2) is 4.98 Å². The average Bonchev–Trinajstić information content (AvgIpc) is 2.31. The molecule has 0 fully saturated rings. The van der Waals surface area contributed by atoms with E-state index in [1.165, 1.54) is 0 Å². The first-order chi connectivity index (χ1) is 8.21. The van der Waals surface area contributed by atoms with Crippen molar-refractivity contribution in [3.8, 4) is 0 Å². The van der Waals surface area contributed by atoms with Crippen molar-refractivity contribution in [2.45, 2.75) is 25.1 Å². The Morgan fingerprint density at radius 3 is 2.71 bits per heavy atom. The summed E-state index contributed by atoms with van der Waals surface area (Å²) < 4.78 is 0. The predicted molar refractivity (Wildman–Crippen MR) is 75.9 cm³/mol. The van der Waals surface area contributed by atoms with E-state index in [4.69, 9.17) is 0 Å². The van der Waals surface area contributed by atoms with Gasteiger partial charge in [0.05, 0.1) is 6.61 Å². The monoisotopic (exact) mass is 255 g/mol. The number of rotatable bonds is 7. The van der Waals surface area contributed by atoms with Gasteiger partial charge in [-0.3, -0.25) is 0 Å². The van der Waals surface area contributed by atoms with Crippen LogP contribution in [-0.2, 0) is 0 Å². The highest BCUT2D eigenvalue weighted by Gasteiger charge is 2.15. The van der Waals surface area contributed by atoms with Gasteiger partial charge in [0.1, 0.15) is 11.6 Å². The van der Waals surface area contributed by atoms with E-state index < -0.39 is 0 Å². The minimum absolute atomic E-state index is 0.169. The van der Waals surface area contributed by atoms with Gasteiger partial charge in [0, 0.05) is 17.8 Å². The lowest BCUT2D eigenvalue weighted by molar-refractivity contribution is 0.288. The molecule has 0 aliphatic rings. The summed E-state index contributed by atoms with van der Waals surface area (Å²) in [5, 5.41) is 15.9. The molecule has 3 N–H and O–H groups in total. The lowest BCUT2D eigenvalue weighted by Crippen LogP contribution is -2.31. The molecule has 17 heavy (non-hydrogen) atoms. The molecule has 2 unspecified atom stereocenters. The molecule has 96 valence electrons. The van der Waals surface area contributed by atoms with Crippen molar-refractivity contribution in [3.63, 3.8) is 0 Å². The van der Waals surface area contributed by atoms with Crippen LogP contribution in [0.1, 0.15) is 13.8 Å². The van der Waals surface area contributed by atoms with Crippen molar-refractivity contribution in [1.82, 2.24) is 4.98 Å². The topological polar surface area (TPSA) is 57.2 Å². The van der Waals surface area contributed by atoms with Crippen molar-refractivity contribution in [2.24, 2.45) is 0 Å². The van der Waals surface area contributed by atoms with E-state index in [-0.39, 0.29) is 17.9 Å². The fourth-order valence-corrected chi connectivity index (χ4v) is 2.18. The highest BCUT2D eigenvalue weighted by molar-refractivity contribution is 7.99. The minimum Gasteiger partial charge on any atom is -0.395 e. The van der Waals surface area contributed by atoms with Crippen LogP contribution in [0.5, 0.6) is 0 Å². The number of aliphatic hydroxyl groups excluding tert-OH is 1. The molecule has 0 amide bonds. The summed E-state index contributed by atoms with van der Waals surface area (Å²) in [6.07, 6.45) is 2.00. The summed E-state index contributed by atoms with van der Waals surface area (Å²) in [7, 11) is 0. The number of nitrogens with zero attached hydrogens (tertiary/aromatic N) is 1. The number of anilines is 2. The number of hydrogen-bond acceptors (Lipinski definition) is 5.